The van der Waals surface area contributed by atoms with Gasteiger partial charge in [0.1, 0.15) is 0 Å². The smallest absolute Gasteiger partial charge is 0.0446 e. The minimum Gasteiger partial charge on any atom is -0.330 e. The van der Waals surface area contributed by atoms with E-state index in [1.165, 1.54) is 10.8 Å². The summed E-state index contributed by atoms with van der Waals surface area (Å²) in [6, 6.07) is 14.5. The zero-order valence-corrected chi connectivity index (χ0v) is 7.92. The normalized spacial score (nSPS) is 10.5. The molecule has 0 aliphatic rings. The number of fused-ring (bicyclic) bond motifs is 1. The van der Waals surface area contributed by atoms with E-state index < -0.39 is 0 Å². The van der Waals surface area contributed by atoms with Gasteiger partial charge in [-0.3, -0.25) is 0 Å². The highest BCUT2D eigenvalue weighted by Crippen LogP contribution is 2.17. The predicted molar refractivity (Wildman–Crippen MR) is 57.9 cm³/mol. The summed E-state index contributed by atoms with van der Waals surface area (Å²) in [6.45, 7) is 0. The average Bonchev–Trinajstić information content (AvgIpc) is 2.18. The van der Waals surface area contributed by atoms with Crippen LogP contribution in [0.15, 0.2) is 42.5 Å². The third kappa shape index (κ3) is 1.85. The summed E-state index contributed by atoms with van der Waals surface area (Å²) in [5.74, 6) is 0.658. The Morgan fingerprint density at radius 2 is 1.77 bits per heavy atom. The molecule has 13 heavy (non-hydrogen) atoms. The van der Waals surface area contributed by atoms with E-state index in [9.17, 15) is 0 Å². The van der Waals surface area contributed by atoms with E-state index in [1.54, 1.807) is 0 Å². The quantitative estimate of drug-likeness (QED) is 0.731. The predicted octanol–water partition coefficient (Wildman–Crippen LogP) is 3.55. The highest BCUT2D eigenvalue weighted by molar-refractivity contribution is 7.92. The van der Waals surface area contributed by atoms with Crippen molar-refractivity contribution in [3.8, 4) is 0 Å². The minimum absolute atomic E-state index is 0.658. The van der Waals surface area contributed by atoms with Crippen molar-refractivity contribution in [3.63, 3.8) is 0 Å². The van der Waals surface area contributed by atoms with Gasteiger partial charge in [0.2, 0.25) is 0 Å². The Labute approximate surface area is 81.6 Å². The third-order valence-corrected chi connectivity index (χ3v) is 2.51. The molecular weight excluding hydrogens is 180 g/mol. The summed E-state index contributed by atoms with van der Waals surface area (Å²) in [7, 11) is 0. The lowest BCUT2D eigenvalue weighted by Gasteiger charge is -2.00. The molecule has 0 aliphatic heterocycles. The van der Waals surface area contributed by atoms with Crippen molar-refractivity contribution in [2.45, 2.75) is 5.75 Å². The van der Waals surface area contributed by atoms with Crippen molar-refractivity contribution >= 4 is 22.8 Å². The Balaban J connectivity index is 2.49. The molecular formula is C11H10OS. The Bertz CT molecular complexity index is 412. The topological polar surface area (TPSA) is 20.2 Å². The van der Waals surface area contributed by atoms with Crippen molar-refractivity contribution < 1.29 is 4.55 Å². The van der Waals surface area contributed by atoms with Crippen LogP contribution in [-0.4, -0.2) is 4.55 Å². The van der Waals surface area contributed by atoms with Gasteiger partial charge in [0.15, 0.2) is 0 Å². The molecule has 0 bridgehead atoms. The van der Waals surface area contributed by atoms with Gasteiger partial charge in [0.25, 0.3) is 0 Å². The Morgan fingerprint density at radius 1 is 1.00 bits per heavy atom. The lowest BCUT2D eigenvalue weighted by atomic mass is 10.1. The van der Waals surface area contributed by atoms with Crippen LogP contribution in [0.25, 0.3) is 10.8 Å². The first-order valence-electron chi connectivity index (χ1n) is 4.14. The van der Waals surface area contributed by atoms with Gasteiger partial charge in [-0.25, -0.2) is 0 Å². The van der Waals surface area contributed by atoms with E-state index in [4.69, 9.17) is 4.55 Å². The first-order valence-corrected chi connectivity index (χ1v) is 5.08. The van der Waals surface area contributed by atoms with Gasteiger partial charge >= 0.3 is 0 Å². The van der Waals surface area contributed by atoms with E-state index >= 15 is 0 Å². The van der Waals surface area contributed by atoms with Crippen LogP contribution in [-0.2, 0) is 5.75 Å². The van der Waals surface area contributed by atoms with Crippen LogP contribution < -0.4 is 0 Å². The monoisotopic (exact) mass is 190 g/mol. The van der Waals surface area contributed by atoms with Gasteiger partial charge in [-0.15, -0.1) is 0 Å². The van der Waals surface area contributed by atoms with Gasteiger partial charge < -0.3 is 4.55 Å². The average molecular weight is 190 g/mol. The van der Waals surface area contributed by atoms with Crippen molar-refractivity contribution in [2.75, 3.05) is 0 Å². The highest BCUT2D eigenvalue weighted by atomic mass is 32.2. The van der Waals surface area contributed by atoms with E-state index in [2.05, 4.69) is 24.3 Å². The molecule has 1 N–H and O–H groups in total. The van der Waals surface area contributed by atoms with Crippen molar-refractivity contribution in [2.24, 2.45) is 0 Å². The second-order valence-electron chi connectivity index (χ2n) is 2.95. The van der Waals surface area contributed by atoms with Crippen LogP contribution in [0.2, 0.25) is 0 Å². The second kappa shape index (κ2) is 3.81. The molecule has 0 aromatic heterocycles. The van der Waals surface area contributed by atoms with E-state index in [-0.39, 0.29) is 0 Å². The molecule has 0 saturated heterocycles. The van der Waals surface area contributed by atoms with Crippen LogP contribution >= 0.6 is 12.0 Å². The van der Waals surface area contributed by atoms with Crippen LogP contribution in [0.3, 0.4) is 0 Å². The fourth-order valence-electron chi connectivity index (χ4n) is 1.40. The van der Waals surface area contributed by atoms with Crippen LogP contribution in [0.5, 0.6) is 0 Å². The maximum atomic E-state index is 8.71. The maximum Gasteiger partial charge on any atom is 0.0446 e. The number of hydrogen-bond acceptors (Lipinski definition) is 2. The third-order valence-electron chi connectivity index (χ3n) is 2.05. The minimum atomic E-state index is 0.658. The lowest BCUT2D eigenvalue weighted by Crippen LogP contribution is -1.79. The highest BCUT2D eigenvalue weighted by Gasteiger charge is 1.94. The van der Waals surface area contributed by atoms with Gasteiger partial charge in [-0.1, -0.05) is 42.5 Å². The second-order valence-corrected chi connectivity index (χ2v) is 3.50. The molecule has 0 fully saturated rings. The summed E-state index contributed by atoms with van der Waals surface area (Å²) in [5, 5.41) is 2.48. The molecule has 0 atom stereocenters. The van der Waals surface area contributed by atoms with Crippen LogP contribution in [0, 0.1) is 0 Å². The summed E-state index contributed by atoms with van der Waals surface area (Å²) in [6.07, 6.45) is 0. The molecule has 0 unspecified atom stereocenters. The Hall–Kier alpha value is -0.990. The molecule has 2 rings (SSSR count). The number of rotatable bonds is 2. The van der Waals surface area contributed by atoms with Gasteiger partial charge in [-0.2, -0.15) is 0 Å². The number of hydrogen-bond donors (Lipinski definition) is 1. The van der Waals surface area contributed by atoms with E-state index in [0.717, 1.165) is 17.6 Å². The molecule has 2 aromatic carbocycles. The SMILES string of the molecule is OSCc1ccc2ccccc2c1. The summed E-state index contributed by atoms with van der Waals surface area (Å²) in [5.41, 5.74) is 1.16. The first kappa shape index (κ1) is 8.60. The Morgan fingerprint density at radius 3 is 2.54 bits per heavy atom. The molecule has 66 valence electrons. The fraction of sp³-hybridized carbons (Fsp3) is 0.0909. The maximum absolute atomic E-state index is 8.71. The first-order chi connectivity index (χ1) is 6.40. The molecule has 0 amide bonds. The molecule has 0 aliphatic carbocycles. The van der Waals surface area contributed by atoms with Crippen LogP contribution in [0.1, 0.15) is 5.56 Å². The van der Waals surface area contributed by atoms with Crippen molar-refractivity contribution in [1.82, 2.24) is 0 Å². The lowest BCUT2D eigenvalue weighted by molar-refractivity contribution is 0.663. The van der Waals surface area contributed by atoms with Crippen LogP contribution in [0.4, 0.5) is 0 Å². The molecule has 1 nitrogen and oxygen atoms in total. The van der Waals surface area contributed by atoms with Crippen molar-refractivity contribution in [1.29, 1.82) is 0 Å². The molecule has 0 heterocycles. The molecule has 0 saturated carbocycles. The van der Waals surface area contributed by atoms with E-state index in [1.807, 2.05) is 18.2 Å². The molecule has 0 radical (unpaired) electrons. The number of benzene rings is 2. The zero-order chi connectivity index (χ0) is 9.10. The van der Waals surface area contributed by atoms with E-state index in [0.29, 0.717) is 5.75 Å². The zero-order valence-electron chi connectivity index (χ0n) is 7.10. The van der Waals surface area contributed by atoms with Gasteiger partial charge in [0.05, 0.1) is 0 Å². The molecule has 2 heteroatoms. The summed E-state index contributed by atoms with van der Waals surface area (Å²) >= 11 is 0.863. The summed E-state index contributed by atoms with van der Waals surface area (Å²) < 4.78 is 8.71. The Kier molecular flexibility index (Phi) is 2.52. The summed E-state index contributed by atoms with van der Waals surface area (Å²) in [4.78, 5) is 0. The van der Waals surface area contributed by atoms with Gasteiger partial charge in [0, 0.05) is 5.75 Å². The fourth-order valence-corrected chi connectivity index (χ4v) is 1.73. The largest absolute Gasteiger partial charge is 0.330 e. The molecule has 0 spiro atoms. The van der Waals surface area contributed by atoms with Crippen molar-refractivity contribution in [3.05, 3.63) is 48.0 Å². The molecule has 2 aromatic rings. The standard InChI is InChI=1S/C11H10OS/c12-13-8-9-5-6-10-3-1-2-4-11(10)7-9/h1-7,12H,8H2. The van der Waals surface area contributed by atoms with Gasteiger partial charge in [-0.05, 0) is 28.4 Å².